The third-order valence-corrected chi connectivity index (χ3v) is 3.93. The van der Waals surface area contributed by atoms with Crippen molar-refractivity contribution in [3.63, 3.8) is 0 Å². The van der Waals surface area contributed by atoms with Crippen LogP contribution < -0.4 is 10.1 Å². The zero-order valence-electron chi connectivity index (χ0n) is 11.4. The van der Waals surface area contributed by atoms with Crippen LogP contribution in [0, 0.1) is 0 Å². The van der Waals surface area contributed by atoms with Gasteiger partial charge in [-0.15, -0.1) is 0 Å². The molecule has 1 aliphatic rings. The van der Waals surface area contributed by atoms with Gasteiger partial charge in [-0.25, -0.2) is 4.98 Å². The van der Waals surface area contributed by atoms with Gasteiger partial charge in [-0.2, -0.15) is 4.98 Å². The van der Waals surface area contributed by atoms with Crippen LogP contribution in [-0.2, 0) is 9.53 Å². The predicted octanol–water partition coefficient (Wildman–Crippen LogP) is 1.67. The summed E-state index contributed by atoms with van der Waals surface area (Å²) < 4.78 is 11.4. The van der Waals surface area contributed by atoms with Gasteiger partial charge in [-0.3, -0.25) is 4.79 Å². The summed E-state index contributed by atoms with van der Waals surface area (Å²) in [6, 6.07) is 5.40. The monoisotopic (exact) mass is 351 g/mol. The van der Waals surface area contributed by atoms with Gasteiger partial charge in [0.15, 0.2) is 5.65 Å². The smallest absolute Gasteiger partial charge is 0.323 e. The standard InChI is InChI=1S/C14H14BrN3O3/c1-20-14(19)11-6-9(7-17-11)21-13-10(15)5-8-3-2-4-16-12(8)18-13/h2-5,9,11,17H,6-7H2,1H3/t9-,11+/m1/s1. The van der Waals surface area contributed by atoms with Gasteiger partial charge in [0, 0.05) is 24.5 Å². The van der Waals surface area contributed by atoms with E-state index in [9.17, 15) is 4.79 Å². The molecule has 6 nitrogen and oxygen atoms in total. The van der Waals surface area contributed by atoms with Crippen molar-refractivity contribution in [1.29, 1.82) is 0 Å². The molecule has 2 atom stereocenters. The summed E-state index contributed by atoms with van der Waals surface area (Å²) in [6.45, 7) is 0.578. The Morgan fingerprint density at radius 2 is 2.38 bits per heavy atom. The molecule has 3 heterocycles. The first-order valence-corrected chi connectivity index (χ1v) is 7.36. The number of nitrogens with zero attached hydrogens (tertiary/aromatic N) is 2. The topological polar surface area (TPSA) is 73.3 Å². The highest BCUT2D eigenvalue weighted by Crippen LogP contribution is 2.28. The lowest BCUT2D eigenvalue weighted by Crippen LogP contribution is -2.31. The van der Waals surface area contributed by atoms with Crippen molar-refractivity contribution in [2.75, 3.05) is 13.7 Å². The maximum absolute atomic E-state index is 11.5. The number of rotatable bonds is 3. The number of methoxy groups -OCH3 is 1. The largest absolute Gasteiger partial charge is 0.472 e. The van der Waals surface area contributed by atoms with Crippen LogP contribution >= 0.6 is 15.9 Å². The second kappa shape index (κ2) is 5.95. The van der Waals surface area contributed by atoms with Gasteiger partial charge in [0.25, 0.3) is 0 Å². The Bertz CT molecular complexity index is 680. The minimum absolute atomic E-state index is 0.126. The van der Waals surface area contributed by atoms with Gasteiger partial charge < -0.3 is 14.8 Å². The van der Waals surface area contributed by atoms with Crippen molar-refractivity contribution in [2.45, 2.75) is 18.6 Å². The van der Waals surface area contributed by atoms with Crippen molar-refractivity contribution < 1.29 is 14.3 Å². The minimum Gasteiger partial charge on any atom is -0.472 e. The molecular weight excluding hydrogens is 338 g/mol. The van der Waals surface area contributed by atoms with Gasteiger partial charge in [0.2, 0.25) is 5.88 Å². The summed E-state index contributed by atoms with van der Waals surface area (Å²) in [5.41, 5.74) is 0.631. The van der Waals surface area contributed by atoms with Crippen molar-refractivity contribution in [3.05, 3.63) is 28.9 Å². The van der Waals surface area contributed by atoms with Crippen LogP contribution in [0.15, 0.2) is 28.9 Å². The molecular formula is C14H14BrN3O3. The van der Waals surface area contributed by atoms with E-state index >= 15 is 0 Å². The highest BCUT2D eigenvalue weighted by Gasteiger charge is 2.32. The van der Waals surface area contributed by atoms with E-state index in [1.807, 2.05) is 18.2 Å². The summed E-state index contributed by atoms with van der Waals surface area (Å²) in [5, 5.41) is 4.01. The highest BCUT2D eigenvalue weighted by molar-refractivity contribution is 9.10. The Morgan fingerprint density at radius 1 is 1.52 bits per heavy atom. The van der Waals surface area contributed by atoms with Gasteiger partial charge in [0.05, 0.1) is 11.6 Å². The molecule has 0 bridgehead atoms. The molecule has 7 heteroatoms. The van der Waals surface area contributed by atoms with Crippen LogP contribution in [0.25, 0.3) is 11.0 Å². The Kier molecular flexibility index (Phi) is 4.03. The lowest BCUT2D eigenvalue weighted by atomic mass is 10.2. The number of nitrogens with one attached hydrogen (secondary N) is 1. The number of pyridine rings is 2. The highest BCUT2D eigenvalue weighted by atomic mass is 79.9. The van der Waals surface area contributed by atoms with Crippen LogP contribution in [0.3, 0.4) is 0 Å². The number of carbonyl (C=O) groups is 1. The van der Waals surface area contributed by atoms with E-state index in [1.54, 1.807) is 6.20 Å². The Labute approximate surface area is 130 Å². The molecule has 110 valence electrons. The van der Waals surface area contributed by atoms with E-state index in [-0.39, 0.29) is 18.1 Å². The number of halogens is 1. The van der Waals surface area contributed by atoms with E-state index in [1.165, 1.54) is 7.11 Å². The van der Waals surface area contributed by atoms with Crippen LogP contribution in [0.5, 0.6) is 5.88 Å². The fourth-order valence-electron chi connectivity index (χ4n) is 2.32. The quantitative estimate of drug-likeness (QED) is 0.848. The molecule has 2 aromatic rings. The van der Waals surface area contributed by atoms with Crippen molar-refractivity contribution in [2.24, 2.45) is 0 Å². The van der Waals surface area contributed by atoms with Crippen LogP contribution in [0.1, 0.15) is 6.42 Å². The van der Waals surface area contributed by atoms with Crippen LogP contribution in [0.4, 0.5) is 0 Å². The number of hydrogen-bond donors (Lipinski definition) is 1. The molecule has 0 saturated carbocycles. The first kappa shape index (κ1) is 14.2. The third-order valence-electron chi connectivity index (χ3n) is 3.37. The van der Waals surface area contributed by atoms with Gasteiger partial charge >= 0.3 is 5.97 Å². The molecule has 0 unspecified atom stereocenters. The minimum atomic E-state index is -0.322. The van der Waals surface area contributed by atoms with Crippen LogP contribution in [-0.4, -0.2) is 41.7 Å². The Hall–Kier alpha value is -1.73. The average molecular weight is 352 g/mol. The summed E-state index contributed by atoms with van der Waals surface area (Å²) in [7, 11) is 1.38. The number of hydrogen-bond acceptors (Lipinski definition) is 6. The van der Waals surface area contributed by atoms with Gasteiger partial charge in [0.1, 0.15) is 12.1 Å². The number of esters is 1. The molecule has 0 radical (unpaired) electrons. The number of aromatic nitrogens is 2. The molecule has 1 fully saturated rings. The molecule has 1 aliphatic heterocycles. The zero-order chi connectivity index (χ0) is 14.8. The summed E-state index contributed by atoms with van der Waals surface area (Å²) in [4.78, 5) is 20.1. The van der Waals surface area contributed by atoms with Crippen LogP contribution in [0.2, 0.25) is 0 Å². The second-order valence-electron chi connectivity index (χ2n) is 4.79. The summed E-state index contributed by atoms with van der Waals surface area (Å²) in [6.07, 6.45) is 2.12. The first-order chi connectivity index (χ1) is 10.2. The fourth-order valence-corrected chi connectivity index (χ4v) is 2.75. The molecule has 1 N–H and O–H groups in total. The molecule has 0 aromatic carbocycles. The predicted molar refractivity (Wildman–Crippen MR) is 80.1 cm³/mol. The number of fused-ring (bicyclic) bond motifs is 1. The molecule has 0 amide bonds. The van der Waals surface area contributed by atoms with E-state index in [0.29, 0.717) is 24.5 Å². The number of ether oxygens (including phenoxy) is 2. The van der Waals surface area contributed by atoms with Crippen molar-refractivity contribution in [3.8, 4) is 5.88 Å². The average Bonchev–Trinajstić information content (AvgIpc) is 2.96. The molecule has 21 heavy (non-hydrogen) atoms. The first-order valence-electron chi connectivity index (χ1n) is 6.56. The summed E-state index contributed by atoms with van der Waals surface area (Å²) in [5.74, 6) is 0.215. The van der Waals surface area contributed by atoms with Gasteiger partial charge in [-0.05, 0) is 34.1 Å². The maximum Gasteiger partial charge on any atom is 0.323 e. The molecule has 2 aromatic heterocycles. The van der Waals surface area contributed by atoms with Crippen molar-refractivity contribution in [1.82, 2.24) is 15.3 Å². The molecule has 1 saturated heterocycles. The number of carbonyl (C=O) groups excluding carboxylic acids is 1. The normalized spacial score (nSPS) is 21.4. The third kappa shape index (κ3) is 2.98. The zero-order valence-corrected chi connectivity index (χ0v) is 13.0. The molecule has 3 rings (SSSR count). The SMILES string of the molecule is COC(=O)[C@@H]1C[C@@H](Oc2nc3ncccc3cc2Br)CN1. The fraction of sp³-hybridized carbons (Fsp3) is 0.357. The van der Waals surface area contributed by atoms with Gasteiger partial charge in [-0.1, -0.05) is 0 Å². The Morgan fingerprint density at radius 3 is 3.19 bits per heavy atom. The molecule has 0 spiro atoms. The van der Waals surface area contributed by atoms with E-state index < -0.39 is 0 Å². The lowest BCUT2D eigenvalue weighted by Gasteiger charge is -2.13. The van der Waals surface area contributed by atoms with Crippen molar-refractivity contribution >= 4 is 32.9 Å². The van der Waals surface area contributed by atoms with E-state index in [4.69, 9.17) is 9.47 Å². The molecule has 0 aliphatic carbocycles. The summed E-state index contributed by atoms with van der Waals surface area (Å²) >= 11 is 3.46. The second-order valence-corrected chi connectivity index (χ2v) is 5.64. The Balaban J connectivity index is 1.76. The lowest BCUT2D eigenvalue weighted by molar-refractivity contribution is -0.142. The van der Waals surface area contributed by atoms with E-state index in [2.05, 4.69) is 31.2 Å². The maximum atomic E-state index is 11.5. The van der Waals surface area contributed by atoms with E-state index in [0.717, 1.165) is 9.86 Å².